The topological polar surface area (TPSA) is 24.5 Å². The van der Waals surface area contributed by atoms with Crippen LogP contribution in [0.2, 0.25) is 0 Å². The van der Waals surface area contributed by atoms with Crippen LogP contribution in [0.4, 0.5) is 0 Å². The summed E-state index contributed by atoms with van der Waals surface area (Å²) in [5, 5.41) is 3.71. The third-order valence-corrected chi connectivity index (χ3v) is 5.62. The highest BCUT2D eigenvalue weighted by Crippen LogP contribution is 2.43. The van der Waals surface area contributed by atoms with Crippen molar-refractivity contribution in [1.29, 1.82) is 0 Å². The molecule has 2 aliphatic heterocycles. The van der Waals surface area contributed by atoms with Crippen molar-refractivity contribution in [2.24, 2.45) is 5.92 Å². The summed E-state index contributed by atoms with van der Waals surface area (Å²) >= 11 is 0. The van der Waals surface area contributed by atoms with Crippen LogP contribution in [0.25, 0.3) is 0 Å². The molecule has 3 atom stereocenters. The fourth-order valence-corrected chi connectivity index (χ4v) is 4.49. The summed E-state index contributed by atoms with van der Waals surface area (Å²) in [5.41, 5.74) is -0.137. The maximum absolute atomic E-state index is 6.43. The first-order chi connectivity index (χ1) is 9.78. The number of hydrogen-bond donors (Lipinski definition) is 1. The number of hydrogen-bond acceptors (Lipinski definition) is 3. The maximum atomic E-state index is 6.43. The minimum atomic E-state index is -0.0841. The molecule has 2 heterocycles. The highest BCUT2D eigenvalue weighted by Gasteiger charge is 2.53. The molecule has 2 aliphatic rings. The first kappa shape index (κ1) is 17.2. The minimum absolute atomic E-state index is 0.0532. The Bertz CT molecular complexity index is 340. The summed E-state index contributed by atoms with van der Waals surface area (Å²) in [5.74, 6) is 0.549. The number of likely N-dealkylation sites (N-methyl/N-ethyl adjacent to an activating group) is 1. The predicted octanol–water partition coefficient (Wildman–Crippen LogP) is 3.43. The third kappa shape index (κ3) is 3.80. The van der Waals surface area contributed by atoms with Crippen molar-refractivity contribution in [2.45, 2.75) is 90.5 Å². The molecule has 0 bridgehead atoms. The second kappa shape index (κ2) is 6.55. The lowest BCUT2D eigenvalue weighted by Gasteiger charge is -2.36. The van der Waals surface area contributed by atoms with Gasteiger partial charge >= 0.3 is 0 Å². The largest absolute Gasteiger partial charge is 0.368 e. The Hall–Kier alpha value is -0.120. The van der Waals surface area contributed by atoms with Crippen molar-refractivity contribution in [3.63, 3.8) is 0 Å². The number of nitrogens with one attached hydrogen (secondary N) is 1. The molecule has 0 aromatic carbocycles. The fraction of sp³-hybridized carbons (Fsp3) is 1.00. The summed E-state index contributed by atoms with van der Waals surface area (Å²) in [4.78, 5) is 2.72. The van der Waals surface area contributed by atoms with Crippen LogP contribution in [0, 0.1) is 5.92 Å². The van der Waals surface area contributed by atoms with E-state index in [0.717, 1.165) is 13.1 Å². The molecular formula is C18H36N2O. The highest BCUT2D eigenvalue weighted by molar-refractivity contribution is 5.06. The Kier molecular flexibility index (Phi) is 5.38. The second-order valence-corrected chi connectivity index (χ2v) is 8.14. The van der Waals surface area contributed by atoms with Gasteiger partial charge in [0.15, 0.2) is 0 Å². The predicted molar refractivity (Wildman–Crippen MR) is 89.7 cm³/mol. The van der Waals surface area contributed by atoms with Gasteiger partial charge in [-0.25, -0.2) is 0 Å². The fourth-order valence-electron chi connectivity index (χ4n) is 4.49. The molecule has 3 nitrogen and oxygen atoms in total. The molecule has 1 N–H and O–H groups in total. The van der Waals surface area contributed by atoms with E-state index >= 15 is 0 Å². The molecule has 2 rings (SSSR count). The Morgan fingerprint density at radius 3 is 2.48 bits per heavy atom. The molecule has 0 aromatic heterocycles. The Balaban J connectivity index is 2.14. The summed E-state index contributed by atoms with van der Waals surface area (Å²) in [6, 6.07) is 1.15. The number of rotatable bonds is 4. The minimum Gasteiger partial charge on any atom is -0.368 e. The van der Waals surface area contributed by atoms with E-state index in [0.29, 0.717) is 18.0 Å². The van der Waals surface area contributed by atoms with Crippen molar-refractivity contribution in [3.8, 4) is 0 Å². The van der Waals surface area contributed by atoms with Gasteiger partial charge in [-0.05, 0) is 60.5 Å². The van der Waals surface area contributed by atoms with Gasteiger partial charge in [0.2, 0.25) is 0 Å². The molecule has 0 spiro atoms. The molecule has 2 saturated heterocycles. The lowest BCUT2D eigenvalue weighted by Crippen LogP contribution is -2.52. The van der Waals surface area contributed by atoms with Crippen LogP contribution in [0.15, 0.2) is 0 Å². The lowest BCUT2D eigenvalue weighted by molar-refractivity contribution is -0.0801. The normalized spacial score (nSPS) is 36.6. The van der Waals surface area contributed by atoms with E-state index in [1.165, 1.54) is 32.2 Å². The van der Waals surface area contributed by atoms with Crippen molar-refractivity contribution in [3.05, 3.63) is 0 Å². The SMILES string of the molecule is CCNC1C(CN2CCCCCC2C)C(C)(C)OC1(C)C. The zero-order valence-corrected chi connectivity index (χ0v) is 15.0. The average molecular weight is 296 g/mol. The Morgan fingerprint density at radius 2 is 1.81 bits per heavy atom. The second-order valence-electron chi connectivity index (χ2n) is 8.14. The van der Waals surface area contributed by atoms with Gasteiger partial charge in [0, 0.05) is 24.5 Å². The average Bonchev–Trinajstić information content (AvgIpc) is 2.52. The van der Waals surface area contributed by atoms with Gasteiger partial charge in [-0.15, -0.1) is 0 Å². The molecule has 124 valence electrons. The van der Waals surface area contributed by atoms with Crippen LogP contribution < -0.4 is 5.32 Å². The van der Waals surface area contributed by atoms with Gasteiger partial charge in [0.1, 0.15) is 0 Å². The van der Waals surface area contributed by atoms with E-state index in [1.54, 1.807) is 0 Å². The van der Waals surface area contributed by atoms with Gasteiger partial charge in [-0.1, -0.05) is 19.8 Å². The van der Waals surface area contributed by atoms with E-state index in [2.05, 4.69) is 51.8 Å². The summed E-state index contributed by atoms with van der Waals surface area (Å²) in [6.45, 7) is 17.1. The van der Waals surface area contributed by atoms with Crippen LogP contribution in [-0.2, 0) is 4.74 Å². The van der Waals surface area contributed by atoms with E-state index in [9.17, 15) is 0 Å². The van der Waals surface area contributed by atoms with E-state index in [4.69, 9.17) is 4.74 Å². The number of nitrogens with zero attached hydrogens (tertiary/aromatic N) is 1. The van der Waals surface area contributed by atoms with Crippen molar-refractivity contribution >= 4 is 0 Å². The highest BCUT2D eigenvalue weighted by atomic mass is 16.5. The van der Waals surface area contributed by atoms with Crippen molar-refractivity contribution < 1.29 is 4.74 Å². The van der Waals surface area contributed by atoms with Gasteiger partial charge in [-0.3, -0.25) is 0 Å². The molecule has 21 heavy (non-hydrogen) atoms. The van der Waals surface area contributed by atoms with E-state index in [1.807, 2.05) is 0 Å². The molecule has 0 amide bonds. The molecule has 0 aliphatic carbocycles. The zero-order valence-electron chi connectivity index (χ0n) is 15.0. The standard InChI is InChI=1S/C18H36N2O/c1-7-19-16-15(17(3,4)21-18(16,5)6)13-20-12-10-8-9-11-14(20)2/h14-16,19H,7-13H2,1-6H3. The molecular weight excluding hydrogens is 260 g/mol. The monoisotopic (exact) mass is 296 g/mol. The number of ether oxygens (including phenoxy) is 1. The maximum Gasteiger partial charge on any atom is 0.0790 e. The Labute approximate surface area is 131 Å². The first-order valence-electron chi connectivity index (χ1n) is 8.95. The molecule has 0 aromatic rings. The van der Waals surface area contributed by atoms with Crippen LogP contribution >= 0.6 is 0 Å². The quantitative estimate of drug-likeness (QED) is 0.860. The summed E-state index contributed by atoms with van der Waals surface area (Å²) in [6.07, 6.45) is 5.49. The molecule has 2 fully saturated rings. The van der Waals surface area contributed by atoms with Gasteiger partial charge in [-0.2, -0.15) is 0 Å². The third-order valence-electron chi connectivity index (χ3n) is 5.62. The van der Waals surface area contributed by atoms with Crippen LogP contribution in [0.1, 0.15) is 67.2 Å². The summed E-state index contributed by atoms with van der Waals surface area (Å²) < 4.78 is 6.43. The smallest absolute Gasteiger partial charge is 0.0790 e. The van der Waals surface area contributed by atoms with Crippen molar-refractivity contribution in [1.82, 2.24) is 10.2 Å². The number of likely N-dealkylation sites (tertiary alicyclic amines) is 1. The van der Waals surface area contributed by atoms with Crippen LogP contribution in [0.3, 0.4) is 0 Å². The van der Waals surface area contributed by atoms with Crippen LogP contribution in [0.5, 0.6) is 0 Å². The van der Waals surface area contributed by atoms with Gasteiger partial charge in [0.25, 0.3) is 0 Å². The molecule has 3 unspecified atom stereocenters. The molecule has 0 saturated carbocycles. The zero-order chi connectivity index (χ0) is 15.7. The summed E-state index contributed by atoms with van der Waals surface area (Å²) in [7, 11) is 0. The van der Waals surface area contributed by atoms with Gasteiger partial charge in [0.05, 0.1) is 11.2 Å². The lowest BCUT2D eigenvalue weighted by atomic mass is 9.81. The van der Waals surface area contributed by atoms with Gasteiger partial charge < -0.3 is 15.0 Å². The van der Waals surface area contributed by atoms with E-state index < -0.39 is 0 Å². The molecule has 0 radical (unpaired) electrons. The Morgan fingerprint density at radius 1 is 1.10 bits per heavy atom. The van der Waals surface area contributed by atoms with Crippen LogP contribution in [-0.4, -0.2) is 47.8 Å². The first-order valence-corrected chi connectivity index (χ1v) is 8.95. The molecule has 3 heteroatoms. The van der Waals surface area contributed by atoms with Crippen molar-refractivity contribution in [2.75, 3.05) is 19.6 Å². The van der Waals surface area contributed by atoms with E-state index in [-0.39, 0.29) is 11.2 Å².